The molecule has 7 nitrogen and oxygen atoms in total. The fourth-order valence-corrected chi connectivity index (χ4v) is 3.78. The number of H-pyrrole nitrogens is 1. The molecular formula is C22H27FN4O3. The number of halogens is 1. The predicted molar refractivity (Wildman–Crippen MR) is 111 cm³/mol. The molecule has 1 aromatic carbocycles. The van der Waals surface area contributed by atoms with Gasteiger partial charge in [0.05, 0.1) is 13.2 Å². The first-order valence-corrected chi connectivity index (χ1v) is 10.5. The topological polar surface area (TPSA) is 78.5 Å². The number of anilines is 1. The molecule has 2 aromatic rings. The van der Waals surface area contributed by atoms with Gasteiger partial charge in [0.2, 0.25) is 11.9 Å². The lowest BCUT2D eigenvalue weighted by atomic mass is 10.1. The van der Waals surface area contributed by atoms with E-state index in [-0.39, 0.29) is 29.7 Å². The monoisotopic (exact) mass is 414 g/mol. The van der Waals surface area contributed by atoms with Crippen LogP contribution in [0.15, 0.2) is 29.1 Å². The summed E-state index contributed by atoms with van der Waals surface area (Å²) in [6, 6.07) is 6.48. The highest BCUT2D eigenvalue weighted by atomic mass is 19.1. The molecule has 2 heterocycles. The molecule has 30 heavy (non-hydrogen) atoms. The van der Waals surface area contributed by atoms with Crippen LogP contribution in [0.3, 0.4) is 0 Å². The molecule has 1 aliphatic heterocycles. The Labute approximate surface area is 174 Å². The van der Waals surface area contributed by atoms with Gasteiger partial charge in [-0.15, -0.1) is 0 Å². The van der Waals surface area contributed by atoms with Crippen LogP contribution >= 0.6 is 0 Å². The van der Waals surface area contributed by atoms with Crippen molar-refractivity contribution in [3.8, 4) is 0 Å². The molecular weight excluding hydrogens is 387 g/mol. The highest BCUT2D eigenvalue weighted by Crippen LogP contribution is 2.29. The van der Waals surface area contributed by atoms with Crippen molar-refractivity contribution >= 4 is 11.9 Å². The number of morpholine rings is 1. The lowest BCUT2D eigenvalue weighted by Gasteiger charge is -2.27. The van der Waals surface area contributed by atoms with E-state index in [1.807, 2.05) is 16.7 Å². The number of carbonyl (C=O) groups is 1. The number of hydrogen-bond donors (Lipinski definition) is 1. The minimum Gasteiger partial charge on any atom is -0.378 e. The van der Waals surface area contributed by atoms with Gasteiger partial charge in [0.25, 0.3) is 5.56 Å². The maximum absolute atomic E-state index is 13.2. The molecule has 1 amide bonds. The van der Waals surface area contributed by atoms with Gasteiger partial charge in [-0.05, 0) is 43.9 Å². The predicted octanol–water partition coefficient (Wildman–Crippen LogP) is 2.18. The smallest absolute Gasteiger partial charge is 0.255 e. The van der Waals surface area contributed by atoms with Crippen molar-refractivity contribution in [1.82, 2.24) is 14.9 Å². The van der Waals surface area contributed by atoms with Crippen LogP contribution in [0.25, 0.3) is 0 Å². The zero-order chi connectivity index (χ0) is 21.1. The van der Waals surface area contributed by atoms with E-state index in [4.69, 9.17) is 4.74 Å². The van der Waals surface area contributed by atoms with Gasteiger partial charge in [-0.25, -0.2) is 9.37 Å². The van der Waals surface area contributed by atoms with E-state index in [0.29, 0.717) is 56.5 Å². The zero-order valence-electron chi connectivity index (χ0n) is 17.2. The summed E-state index contributed by atoms with van der Waals surface area (Å²) in [5, 5.41) is 0. The molecule has 0 radical (unpaired) electrons. The van der Waals surface area contributed by atoms with E-state index in [2.05, 4.69) is 9.97 Å². The third-order valence-electron chi connectivity index (χ3n) is 5.68. The zero-order valence-corrected chi connectivity index (χ0v) is 17.2. The van der Waals surface area contributed by atoms with E-state index in [1.165, 1.54) is 12.1 Å². The van der Waals surface area contributed by atoms with E-state index in [1.54, 1.807) is 12.1 Å². The molecule has 160 valence electrons. The van der Waals surface area contributed by atoms with Gasteiger partial charge in [0, 0.05) is 43.4 Å². The Bertz CT molecular complexity index is 950. The number of aromatic nitrogens is 2. The number of hydrogen-bond acceptors (Lipinski definition) is 5. The number of carbonyl (C=O) groups excluding carboxylic acids is 1. The molecule has 2 fully saturated rings. The van der Waals surface area contributed by atoms with Crippen molar-refractivity contribution < 1.29 is 13.9 Å². The van der Waals surface area contributed by atoms with Crippen molar-refractivity contribution in [3.05, 3.63) is 57.3 Å². The minimum absolute atomic E-state index is 0.0119. The third kappa shape index (κ3) is 4.87. The summed E-state index contributed by atoms with van der Waals surface area (Å²) in [5.74, 6) is 0.287. The second-order valence-electron chi connectivity index (χ2n) is 7.93. The first-order chi connectivity index (χ1) is 14.5. The van der Waals surface area contributed by atoms with Crippen molar-refractivity contribution in [3.63, 3.8) is 0 Å². The fraction of sp³-hybridized carbons (Fsp3) is 0.500. The van der Waals surface area contributed by atoms with E-state index >= 15 is 0 Å². The van der Waals surface area contributed by atoms with E-state index in [9.17, 15) is 14.0 Å². The molecule has 0 spiro atoms. The number of aromatic amines is 1. The molecule has 2 aliphatic rings. The van der Waals surface area contributed by atoms with Gasteiger partial charge in [0.1, 0.15) is 5.82 Å². The van der Waals surface area contributed by atoms with Gasteiger partial charge in [-0.3, -0.25) is 14.6 Å². The molecule has 1 saturated carbocycles. The summed E-state index contributed by atoms with van der Waals surface area (Å²) in [7, 11) is 0. The van der Waals surface area contributed by atoms with Gasteiger partial charge in [0.15, 0.2) is 0 Å². The maximum atomic E-state index is 13.2. The van der Waals surface area contributed by atoms with Gasteiger partial charge >= 0.3 is 0 Å². The molecule has 8 heteroatoms. The first kappa shape index (κ1) is 20.5. The molecule has 1 N–H and O–H groups in total. The van der Waals surface area contributed by atoms with Crippen molar-refractivity contribution in [2.75, 3.05) is 31.2 Å². The minimum atomic E-state index is -0.286. The van der Waals surface area contributed by atoms with Gasteiger partial charge in [-0.1, -0.05) is 12.1 Å². The van der Waals surface area contributed by atoms with Crippen LogP contribution in [0, 0.1) is 12.7 Å². The highest BCUT2D eigenvalue weighted by molar-refractivity contribution is 5.77. The van der Waals surface area contributed by atoms with Crippen LogP contribution in [0.2, 0.25) is 0 Å². The largest absolute Gasteiger partial charge is 0.378 e. The number of ether oxygens (including phenoxy) is 1. The SMILES string of the molecule is Cc1nc(N2CCOCC2)[nH]c(=O)c1CCC(=O)N(Cc1ccc(F)cc1)C1CC1. The molecule has 1 aromatic heterocycles. The summed E-state index contributed by atoms with van der Waals surface area (Å²) in [6.07, 6.45) is 2.58. The van der Waals surface area contributed by atoms with E-state index in [0.717, 1.165) is 18.4 Å². The van der Waals surface area contributed by atoms with Crippen LogP contribution < -0.4 is 10.5 Å². The highest BCUT2D eigenvalue weighted by Gasteiger charge is 2.32. The Hall–Kier alpha value is -2.74. The normalized spacial score (nSPS) is 16.5. The van der Waals surface area contributed by atoms with Gasteiger partial charge < -0.3 is 14.5 Å². The number of aryl methyl sites for hydroxylation is 1. The number of benzene rings is 1. The third-order valence-corrected chi connectivity index (χ3v) is 5.68. The van der Waals surface area contributed by atoms with Crippen LogP contribution in [0.5, 0.6) is 0 Å². The Morgan fingerprint density at radius 3 is 2.60 bits per heavy atom. The van der Waals surface area contributed by atoms with Crippen molar-refractivity contribution in [1.29, 1.82) is 0 Å². The summed E-state index contributed by atoms with van der Waals surface area (Å²) in [6.45, 7) is 4.90. The Kier molecular flexibility index (Phi) is 6.13. The molecule has 0 bridgehead atoms. The summed E-state index contributed by atoms with van der Waals surface area (Å²) in [5.41, 5.74) is 1.93. The molecule has 0 unspecified atom stereocenters. The Balaban J connectivity index is 1.41. The number of amides is 1. The second-order valence-corrected chi connectivity index (χ2v) is 7.93. The average molecular weight is 414 g/mol. The standard InChI is InChI=1S/C22H27FN4O3/c1-15-19(21(29)25-22(24-15)26-10-12-30-13-11-26)8-9-20(28)27(18-6-7-18)14-16-2-4-17(23)5-3-16/h2-5,18H,6-14H2,1H3,(H,24,25,29). The Morgan fingerprint density at radius 1 is 1.27 bits per heavy atom. The average Bonchev–Trinajstić information content (AvgIpc) is 3.58. The summed E-state index contributed by atoms with van der Waals surface area (Å²) >= 11 is 0. The Morgan fingerprint density at radius 2 is 1.97 bits per heavy atom. The molecule has 1 saturated heterocycles. The second kappa shape index (κ2) is 8.95. The summed E-state index contributed by atoms with van der Waals surface area (Å²) < 4.78 is 18.5. The number of rotatable bonds is 7. The molecule has 1 aliphatic carbocycles. The maximum Gasteiger partial charge on any atom is 0.255 e. The fourth-order valence-electron chi connectivity index (χ4n) is 3.78. The lowest BCUT2D eigenvalue weighted by molar-refractivity contribution is -0.132. The van der Waals surface area contributed by atoms with Gasteiger partial charge in [-0.2, -0.15) is 0 Å². The molecule has 0 atom stereocenters. The van der Waals surface area contributed by atoms with E-state index < -0.39 is 0 Å². The first-order valence-electron chi connectivity index (χ1n) is 10.5. The van der Waals surface area contributed by atoms with Crippen molar-refractivity contribution in [2.45, 2.75) is 45.2 Å². The quantitative estimate of drug-likeness (QED) is 0.751. The van der Waals surface area contributed by atoms with Crippen LogP contribution in [0.1, 0.15) is 36.1 Å². The van der Waals surface area contributed by atoms with Crippen LogP contribution in [-0.2, 0) is 22.5 Å². The van der Waals surface area contributed by atoms with Crippen LogP contribution in [0.4, 0.5) is 10.3 Å². The van der Waals surface area contributed by atoms with Crippen molar-refractivity contribution in [2.24, 2.45) is 0 Å². The summed E-state index contributed by atoms with van der Waals surface area (Å²) in [4.78, 5) is 36.8. The number of nitrogens with zero attached hydrogens (tertiary/aromatic N) is 3. The number of nitrogens with one attached hydrogen (secondary N) is 1. The van der Waals surface area contributed by atoms with Crippen LogP contribution in [-0.4, -0.2) is 53.1 Å². The lowest BCUT2D eigenvalue weighted by Crippen LogP contribution is -2.39. The molecule has 4 rings (SSSR count).